The number of hydrogen-bond donors (Lipinski definition) is 0. The maximum atomic E-state index is 13.1. The average Bonchev–Trinajstić information content (AvgIpc) is 3.09. The van der Waals surface area contributed by atoms with Gasteiger partial charge < -0.3 is 18.9 Å². The third-order valence-corrected chi connectivity index (χ3v) is 5.07. The molecule has 3 heterocycles. The first-order valence-corrected chi connectivity index (χ1v) is 8.81. The first kappa shape index (κ1) is 16.3. The third kappa shape index (κ3) is 3.07. The molecule has 25 heavy (non-hydrogen) atoms. The van der Waals surface area contributed by atoms with Crippen molar-refractivity contribution < 1.29 is 14.3 Å². The second kappa shape index (κ2) is 6.98. The summed E-state index contributed by atoms with van der Waals surface area (Å²) >= 11 is 0. The zero-order chi connectivity index (χ0) is 17.2. The Morgan fingerprint density at radius 2 is 2.24 bits per heavy atom. The SMILES string of the molecule is COCCC1CCN(C(=O)c2cn3c(n2)COCC3)c2ccccc21. The summed E-state index contributed by atoms with van der Waals surface area (Å²) in [5.74, 6) is 1.24. The molecule has 0 saturated heterocycles. The van der Waals surface area contributed by atoms with Gasteiger partial charge in [-0.2, -0.15) is 0 Å². The third-order valence-electron chi connectivity index (χ3n) is 5.07. The van der Waals surface area contributed by atoms with E-state index in [4.69, 9.17) is 9.47 Å². The van der Waals surface area contributed by atoms with Gasteiger partial charge >= 0.3 is 0 Å². The molecule has 6 nitrogen and oxygen atoms in total. The van der Waals surface area contributed by atoms with Crippen molar-refractivity contribution in [1.29, 1.82) is 0 Å². The lowest BCUT2D eigenvalue weighted by molar-refractivity contribution is 0.0816. The van der Waals surface area contributed by atoms with Gasteiger partial charge in [-0.05, 0) is 30.4 Å². The number of benzene rings is 1. The van der Waals surface area contributed by atoms with Crippen molar-refractivity contribution in [3.8, 4) is 0 Å². The second-order valence-electron chi connectivity index (χ2n) is 6.57. The number of carbonyl (C=O) groups is 1. The van der Waals surface area contributed by atoms with Crippen LogP contribution < -0.4 is 4.90 Å². The van der Waals surface area contributed by atoms with Gasteiger partial charge in [0.05, 0.1) is 6.61 Å². The van der Waals surface area contributed by atoms with Gasteiger partial charge in [0.1, 0.15) is 18.1 Å². The van der Waals surface area contributed by atoms with Crippen LogP contribution in [0.2, 0.25) is 0 Å². The molecular weight excluding hydrogens is 318 g/mol. The summed E-state index contributed by atoms with van der Waals surface area (Å²) in [6.07, 6.45) is 3.79. The van der Waals surface area contributed by atoms with Crippen molar-refractivity contribution in [2.75, 3.05) is 31.8 Å². The minimum absolute atomic E-state index is 0.0282. The van der Waals surface area contributed by atoms with E-state index in [2.05, 4.69) is 11.1 Å². The fraction of sp³-hybridized carbons (Fsp3) is 0.474. The van der Waals surface area contributed by atoms with Crippen LogP contribution in [-0.4, -0.2) is 42.3 Å². The number of fused-ring (bicyclic) bond motifs is 2. The van der Waals surface area contributed by atoms with Crippen LogP contribution >= 0.6 is 0 Å². The molecule has 1 aromatic carbocycles. The minimum atomic E-state index is -0.0282. The van der Waals surface area contributed by atoms with Gasteiger partial charge in [0.2, 0.25) is 0 Å². The maximum Gasteiger partial charge on any atom is 0.278 e. The molecule has 0 fully saturated rings. The highest BCUT2D eigenvalue weighted by molar-refractivity contribution is 6.05. The first-order valence-electron chi connectivity index (χ1n) is 8.81. The Morgan fingerprint density at radius 3 is 3.08 bits per heavy atom. The van der Waals surface area contributed by atoms with Gasteiger partial charge in [0, 0.05) is 38.7 Å². The van der Waals surface area contributed by atoms with Crippen molar-refractivity contribution in [3.05, 3.63) is 47.5 Å². The number of imidazole rings is 1. The van der Waals surface area contributed by atoms with Gasteiger partial charge in [-0.3, -0.25) is 4.79 Å². The molecule has 2 aromatic rings. The van der Waals surface area contributed by atoms with Crippen molar-refractivity contribution in [1.82, 2.24) is 9.55 Å². The Labute approximate surface area is 147 Å². The topological polar surface area (TPSA) is 56.6 Å². The molecule has 2 aliphatic heterocycles. The van der Waals surface area contributed by atoms with E-state index in [9.17, 15) is 4.79 Å². The zero-order valence-electron chi connectivity index (χ0n) is 14.5. The van der Waals surface area contributed by atoms with E-state index < -0.39 is 0 Å². The summed E-state index contributed by atoms with van der Waals surface area (Å²) in [4.78, 5) is 19.4. The predicted molar refractivity (Wildman–Crippen MR) is 93.9 cm³/mol. The predicted octanol–water partition coefficient (Wildman–Crippen LogP) is 2.58. The molecule has 0 aliphatic carbocycles. The molecule has 1 unspecified atom stereocenters. The van der Waals surface area contributed by atoms with Crippen molar-refractivity contribution in [2.24, 2.45) is 0 Å². The fourth-order valence-corrected chi connectivity index (χ4v) is 3.74. The summed E-state index contributed by atoms with van der Waals surface area (Å²) < 4.78 is 12.7. The number of amides is 1. The summed E-state index contributed by atoms with van der Waals surface area (Å²) in [6, 6.07) is 8.19. The van der Waals surface area contributed by atoms with Gasteiger partial charge in [0.15, 0.2) is 0 Å². The number of methoxy groups -OCH3 is 1. The summed E-state index contributed by atoms with van der Waals surface area (Å²) in [5, 5.41) is 0. The Morgan fingerprint density at radius 1 is 1.36 bits per heavy atom. The molecule has 1 aromatic heterocycles. The summed E-state index contributed by atoms with van der Waals surface area (Å²) in [6.45, 7) is 3.35. The number of ether oxygens (including phenoxy) is 2. The highest BCUT2D eigenvalue weighted by atomic mass is 16.5. The molecular formula is C19H23N3O3. The van der Waals surface area contributed by atoms with Crippen LogP contribution in [0, 0.1) is 0 Å². The van der Waals surface area contributed by atoms with E-state index in [1.807, 2.05) is 33.9 Å². The van der Waals surface area contributed by atoms with Crippen LogP contribution in [0.5, 0.6) is 0 Å². The number of rotatable bonds is 4. The molecule has 1 amide bonds. The molecule has 132 valence electrons. The lowest BCUT2D eigenvalue weighted by Crippen LogP contribution is -2.37. The van der Waals surface area contributed by atoms with Crippen LogP contribution in [0.15, 0.2) is 30.5 Å². The molecule has 0 saturated carbocycles. The van der Waals surface area contributed by atoms with E-state index >= 15 is 0 Å². The van der Waals surface area contributed by atoms with Crippen LogP contribution in [0.25, 0.3) is 0 Å². The van der Waals surface area contributed by atoms with Crippen LogP contribution in [0.1, 0.15) is 40.6 Å². The molecule has 6 heteroatoms. The quantitative estimate of drug-likeness (QED) is 0.858. The normalized spacial score (nSPS) is 19.4. The highest BCUT2D eigenvalue weighted by Gasteiger charge is 2.30. The standard InChI is InChI=1S/C19H23N3O3/c1-24-10-7-14-6-8-22(17-5-3-2-4-15(14)17)19(23)16-12-21-9-11-25-13-18(21)20-16/h2-5,12,14H,6-11,13H2,1H3. The van der Waals surface area contributed by atoms with Crippen LogP contribution in [-0.2, 0) is 22.6 Å². The Hall–Kier alpha value is -2.18. The van der Waals surface area contributed by atoms with Gasteiger partial charge in [-0.1, -0.05) is 18.2 Å². The lowest BCUT2D eigenvalue weighted by atomic mass is 9.87. The number of para-hydroxylation sites is 1. The highest BCUT2D eigenvalue weighted by Crippen LogP contribution is 2.37. The summed E-state index contributed by atoms with van der Waals surface area (Å²) in [5.41, 5.74) is 2.74. The Balaban J connectivity index is 1.61. The van der Waals surface area contributed by atoms with Crippen LogP contribution in [0.3, 0.4) is 0 Å². The molecule has 0 N–H and O–H groups in total. The summed E-state index contributed by atoms with van der Waals surface area (Å²) in [7, 11) is 1.73. The van der Waals surface area contributed by atoms with Crippen molar-refractivity contribution in [3.63, 3.8) is 0 Å². The molecule has 2 aliphatic rings. The average molecular weight is 341 g/mol. The van der Waals surface area contributed by atoms with E-state index in [1.54, 1.807) is 7.11 Å². The van der Waals surface area contributed by atoms with Crippen molar-refractivity contribution in [2.45, 2.75) is 31.9 Å². The molecule has 0 bridgehead atoms. The van der Waals surface area contributed by atoms with Crippen LogP contribution in [0.4, 0.5) is 5.69 Å². The van der Waals surface area contributed by atoms with Gasteiger partial charge in [-0.25, -0.2) is 4.98 Å². The lowest BCUT2D eigenvalue weighted by Gasteiger charge is -2.34. The Kier molecular flexibility index (Phi) is 4.55. The van der Waals surface area contributed by atoms with E-state index in [0.29, 0.717) is 31.4 Å². The number of anilines is 1. The van der Waals surface area contributed by atoms with Crippen molar-refractivity contribution >= 4 is 11.6 Å². The molecule has 0 radical (unpaired) electrons. The number of aromatic nitrogens is 2. The molecule has 1 atom stereocenters. The largest absolute Gasteiger partial charge is 0.385 e. The van der Waals surface area contributed by atoms with E-state index in [1.165, 1.54) is 5.56 Å². The molecule has 4 rings (SSSR count). The zero-order valence-corrected chi connectivity index (χ0v) is 14.5. The smallest absolute Gasteiger partial charge is 0.278 e. The van der Waals surface area contributed by atoms with E-state index in [-0.39, 0.29) is 5.91 Å². The molecule has 0 spiro atoms. The number of nitrogens with zero attached hydrogens (tertiary/aromatic N) is 3. The number of carbonyl (C=O) groups excluding carboxylic acids is 1. The maximum absolute atomic E-state index is 13.1. The van der Waals surface area contributed by atoms with Gasteiger partial charge in [0.25, 0.3) is 5.91 Å². The van der Waals surface area contributed by atoms with Gasteiger partial charge in [-0.15, -0.1) is 0 Å². The monoisotopic (exact) mass is 341 g/mol. The first-order chi connectivity index (χ1) is 12.3. The number of hydrogen-bond acceptors (Lipinski definition) is 4. The fourth-order valence-electron chi connectivity index (χ4n) is 3.74. The Bertz CT molecular complexity index is 748. The van der Waals surface area contributed by atoms with E-state index in [0.717, 1.165) is 37.5 Å². The second-order valence-corrected chi connectivity index (χ2v) is 6.57. The minimum Gasteiger partial charge on any atom is -0.385 e.